The summed E-state index contributed by atoms with van der Waals surface area (Å²) in [6.45, 7) is 1.64. The molecule has 3 atom stereocenters. The van der Waals surface area contributed by atoms with Gasteiger partial charge in [-0.1, -0.05) is 6.92 Å². The monoisotopic (exact) mass is 303 g/mol. The van der Waals surface area contributed by atoms with Gasteiger partial charge in [0.15, 0.2) is 5.82 Å². The number of carboxylic acid groups (broad SMARTS) is 1. The first kappa shape index (κ1) is 15.4. The van der Waals surface area contributed by atoms with Crippen LogP contribution >= 0.6 is 0 Å². The summed E-state index contributed by atoms with van der Waals surface area (Å²) >= 11 is 0. The Morgan fingerprint density at radius 2 is 2.10 bits per heavy atom. The molecule has 0 aromatic carbocycles. The molecule has 1 saturated heterocycles. The van der Waals surface area contributed by atoms with Crippen LogP contribution in [0.4, 0.5) is 13.2 Å². The second kappa shape index (κ2) is 5.40. The molecule has 0 bridgehead atoms. The molecule has 9 heteroatoms. The third kappa shape index (κ3) is 3.18. The Morgan fingerprint density at radius 1 is 1.43 bits per heavy atom. The van der Waals surface area contributed by atoms with Gasteiger partial charge >= 0.3 is 12.1 Å². The van der Waals surface area contributed by atoms with Crippen LogP contribution in [0.2, 0.25) is 0 Å². The van der Waals surface area contributed by atoms with E-state index in [1.807, 2.05) is 0 Å². The van der Waals surface area contributed by atoms with Crippen molar-refractivity contribution >= 4 is 11.8 Å². The summed E-state index contributed by atoms with van der Waals surface area (Å²) in [7, 11) is 0. The second-order valence-corrected chi connectivity index (χ2v) is 4.88. The molecule has 2 rings (SSSR count). The molecular formula is C12H12F3N3O3. The molecule has 1 aromatic heterocycles. The van der Waals surface area contributed by atoms with Crippen molar-refractivity contribution in [2.24, 2.45) is 5.92 Å². The third-order valence-corrected chi connectivity index (χ3v) is 3.31. The normalized spacial score (nSPS) is 25.8. The van der Waals surface area contributed by atoms with E-state index in [9.17, 15) is 22.8 Å². The highest BCUT2D eigenvalue weighted by Crippen LogP contribution is 2.27. The highest BCUT2D eigenvalue weighted by molar-refractivity contribution is 5.97. The highest BCUT2D eigenvalue weighted by atomic mass is 19.4. The SMILES string of the molecule is CC1CC(C(=O)c2nccc(C(F)(F)F)n2)N[C@H]1C(=O)O. The van der Waals surface area contributed by atoms with E-state index < -0.39 is 41.5 Å². The molecule has 2 N–H and O–H groups in total. The molecule has 2 unspecified atom stereocenters. The Bertz CT molecular complexity index is 576. The van der Waals surface area contributed by atoms with E-state index in [4.69, 9.17) is 5.11 Å². The zero-order valence-electron chi connectivity index (χ0n) is 10.9. The van der Waals surface area contributed by atoms with Crippen LogP contribution in [0.25, 0.3) is 0 Å². The van der Waals surface area contributed by atoms with E-state index in [2.05, 4.69) is 15.3 Å². The first-order chi connectivity index (χ1) is 9.70. The molecule has 0 radical (unpaired) electrons. The lowest BCUT2D eigenvalue weighted by Gasteiger charge is -2.11. The van der Waals surface area contributed by atoms with E-state index in [0.29, 0.717) is 6.07 Å². The van der Waals surface area contributed by atoms with Crippen molar-refractivity contribution in [2.75, 3.05) is 0 Å². The molecule has 0 saturated carbocycles. The van der Waals surface area contributed by atoms with E-state index in [1.165, 1.54) is 0 Å². The fraction of sp³-hybridized carbons (Fsp3) is 0.500. The molecule has 1 aliphatic rings. The van der Waals surface area contributed by atoms with Crippen molar-refractivity contribution in [1.29, 1.82) is 0 Å². The number of hydrogen-bond acceptors (Lipinski definition) is 5. The lowest BCUT2D eigenvalue weighted by atomic mass is 10.00. The van der Waals surface area contributed by atoms with Crippen LogP contribution in [-0.2, 0) is 11.0 Å². The lowest BCUT2D eigenvalue weighted by Crippen LogP contribution is -2.41. The second-order valence-electron chi connectivity index (χ2n) is 4.88. The summed E-state index contributed by atoms with van der Waals surface area (Å²) < 4.78 is 37.6. The molecule has 0 aliphatic carbocycles. The van der Waals surface area contributed by atoms with Crippen molar-refractivity contribution in [3.05, 3.63) is 23.8 Å². The molecule has 2 heterocycles. The fourth-order valence-electron chi connectivity index (χ4n) is 2.25. The fourth-order valence-corrected chi connectivity index (χ4v) is 2.25. The molecular weight excluding hydrogens is 291 g/mol. The average molecular weight is 303 g/mol. The van der Waals surface area contributed by atoms with Gasteiger partial charge in [-0.3, -0.25) is 14.9 Å². The van der Waals surface area contributed by atoms with Crippen LogP contribution in [0, 0.1) is 5.92 Å². The van der Waals surface area contributed by atoms with Crippen LogP contribution in [-0.4, -0.2) is 38.9 Å². The number of rotatable bonds is 3. The van der Waals surface area contributed by atoms with Gasteiger partial charge in [0.25, 0.3) is 0 Å². The first-order valence-electron chi connectivity index (χ1n) is 6.13. The molecule has 1 fully saturated rings. The van der Waals surface area contributed by atoms with Gasteiger partial charge in [-0.05, 0) is 18.4 Å². The van der Waals surface area contributed by atoms with Gasteiger partial charge in [0.05, 0.1) is 6.04 Å². The Balaban J connectivity index is 2.20. The number of carbonyl (C=O) groups excluding carboxylic acids is 1. The summed E-state index contributed by atoms with van der Waals surface area (Å²) in [6, 6.07) is -1.14. The Hall–Kier alpha value is -2.03. The quantitative estimate of drug-likeness (QED) is 0.813. The number of halogens is 3. The Kier molecular flexibility index (Phi) is 3.95. The molecule has 1 aliphatic heterocycles. The smallest absolute Gasteiger partial charge is 0.433 e. The van der Waals surface area contributed by atoms with Crippen LogP contribution in [0.5, 0.6) is 0 Å². The van der Waals surface area contributed by atoms with Crippen LogP contribution < -0.4 is 5.32 Å². The Morgan fingerprint density at radius 3 is 2.62 bits per heavy atom. The van der Waals surface area contributed by atoms with Gasteiger partial charge < -0.3 is 5.11 Å². The number of hydrogen-bond donors (Lipinski definition) is 2. The van der Waals surface area contributed by atoms with Crippen molar-refractivity contribution in [1.82, 2.24) is 15.3 Å². The van der Waals surface area contributed by atoms with E-state index >= 15 is 0 Å². The predicted molar refractivity (Wildman–Crippen MR) is 63.5 cm³/mol. The topological polar surface area (TPSA) is 92.2 Å². The standard InChI is InChI=1S/C12H12F3N3O3/c1-5-4-6(17-8(5)11(20)21)9(19)10-16-3-2-7(18-10)12(13,14)15/h2-3,5-6,8,17H,4H2,1H3,(H,20,21)/t5?,6?,8-/m1/s1. The number of carboxylic acids is 1. The van der Waals surface area contributed by atoms with E-state index in [0.717, 1.165) is 6.20 Å². The first-order valence-corrected chi connectivity index (χ1v) is 6.13. The van der Waals surface area contributed by atoms with Gasteiger partial charge in [0, 0.05) is 6.20 Å². The number of carbonyl (C=O) groups is 2. The van der Waals surface area contributed by atoms with Gasteiger partial charge in [-0.25, -0.2) is 9.97 Å². The maximum Gasteiger partial charge on any atom is 0.433 e. The average Bonchev–Trinajstić information content (AvgIpc) is 2.79. The number of nitrogens with zero attached hydrogens (tertiary/aromatic N) is 2. The number of aliphatic carboxylic acids is 1. The van der Waals surface area contributed by atoms with Crippen molar-refractivity contribution in [2.45, 2.75) is 31.6 Å². The minimum absolute atomic E-state index is 0.204. The molecule has 6 nitrogen and oxygen atoms in total. The zero-order chi connectivity index (χ0) is 15.8. The predicted octanol–water partition coefficient (Wildman–Crippen LogP) is 1.13. The summed E-state index contributed by atoms with van der Waals surface area (Å²) in [5.74, 6) is -2.73. The van der Waals surface area contributed by atoms with Crippen molar-refractivity contribution in [3.8, 4) is 0 Å². The third-order valence-electron chi connectivity index (χ3n) is 3.31. The van der Waals surface area contributed by atoms with Crippen LogP contribution in [0.15, 0.2) is 12.3 Å². The van der Waals surface area contributed by atoms with E-state index in [-0.39, 0.29) is 12.3 Å². The molecule has 114 valence electrons. The van der Waals surface area contributed by atoms with Crippen LogP contribution in [0.1, 0.15) is 29.7 Å². The number of alkyl halides is 3. The van der Waals surface area contributed by atoms with Gasteiger partial charge in [-0.15, -0.1) is 0 Å². The van der Waals surface area contributed by atoms with Gasteiger partial charge in [0.1, 0.15) is 11.7 Å². The maximum absolute atomic E-state index is 12.5. The molecule has 0 spiro atoms. The maximum atomic E-state index is 12.5. The minimum atomic E-state index is -4.67. The largest absolute Gasteiger partial charge is 0.480 e. The number of aromatic nitrogens is 2. The lowest BCUT2D eigenvalue weighted by molar-refractivity contribution is -0.141. The van der Waals surface area contributed by atoms with Crippen molar-refractivity contribution < 1.29 is 27.9 Å². The van der Waals surface area contributed by atoms with Crippen molar-refractivity contribution in [3.63, 3.8) is 0 Å². The summed E-state index contributed by atoms with van der Waals surface area (Å²) in [5, 5.41) is 11.5. The summed E-state index contributed by atoms with van der Waals surface area (Å²) in [6.07, 6.45) is -3.61. The Labute approximate surface area is 117 Å². The minimum Gasteiger partial charge on any atom is -0.480 e. The number of Topliss-reactive ketones (excluding diaryl/α,β-unsaturated/α-hetero) is 1. The number of nitrogens with one attached hydrogen (secondary N) is 1. The van der Waals surface area contributed by atoms with Gasteiger partial charge in [0.2, 0.25) is 5.78 Å². The van der Waals surface area contributed by atoms with Gasteiger partial charge in [-0.2, -0.15) is 13.2 Å². The molecule has 21 heavy (non-hydrogen) atoms. The van der Waals surface area contributed by atoms with Crippen LogP contribution in [0.3, 0.4) is 0 Å². The zero-order valence-corrected chi connectivity index (χ0v) is 10.9. The summed E-state index contributed by atoms with van der Waals surface area (Å²) in [4.78, 5) is 29.8. The number of ketones is 1. The summed E-state index contributed by atoms with van der Waals surface area (Å²) in [5.41, 5.74) is -1.21. The molecule has 1 aromatic rings. The molecule has 0 amide bonds. The highest BCUT2D eigenvalue weighted by Gasteiger charge is 2.40. The van der Waals surface area contributed by atoms with E-state index in [1.54, 1.807) is 6.92 Å².